The van der Waals surface area contributed by atoms with Crippen molar-refractivity contribution in [2.45, 2.75) is 31.8 Å². The lowest BCUT2D eigenvalue weighted by molar-refractivity contribution is -0.138. The van der Waals surface area contributed by atoms with Gasteiger partial charge in [-0.1, -0.05) is 11.6 Å². The number of amides is 1. The van der Waals surface area contributed by atoms with Gasteiger partial charge in [0.2, 0.25) is 0 Å². The third-order valence-electron chi connectivity index (χ3n) is 2.71. The maximum Gasteiger partial charge on any atom is 0.325 e. The molecule has 1 fully saturated rings. The number of halogens is 1. The summed E-state index contributed by atoms with van der Waals surface area (Å²) in [5.41, 5.74) is 0.422. The van der Waals surface area contributed by atoms with Crippen LogP contribution in [0.1, 0.15) is 36.3 Å². The van der Waals surface area contributed by atoms with Gasteiger partial charge in [0, 0.05) is 12.2 Å². The second-order valence-electron chi connectivity index (χ2n) is 4.22. The highest BCUT2D eigenvalue weighted by atomic mass is 35.5. The van der Waals surface area contributed by atoms with Crippen LogP contribution in [0.15, 0.2) is 12.3 Å². The summed E-state index contributed by atoms with van der Waals surface area (Å²) >= 11 is 5.86. The average molecular weight is 257 g/mol. The van der Waals surface area contributed by atoms with Gasteiger partial charge in [0.05, 0.1) is 5.02 Å². The quantitative estimate of drug-likeness (QED) is 0.861. The first kappa shape index (κ1) is 12.0. The van der Waals surface area contributed by atoms with E-state index in [4.69, 9.17) is 16.7 Å². The SMILES string of the molecule is C[C@@H](NC(=O)c1cc(Cl)cn1C1CC1)C(=O)O. The molecule has 0 radical (unpaired) electrons. The van der Waals surface area contributed by atoms with Crippen molar-refractivity contribution in [3.63, 3.8) is 0 Å². The largest absolute Gasteiger partial charge is 0.480 e. The molecule has 1 saturated carbocycles. The normalized spacial score (nSPS) is 16.6. The Morgan fingerprint density at radius 1 is 1.59 bits per heavy atom. The Morgan fingerprint density at radius 3 is 2.76 bits per heavy atom. The summed E-state index contributed by atoms with van der Waals surface area (Å²) in [5, 5.41) is 11.6. The van der Waals surface area contributed by atoms with Gasteiger partial charge in [-0.05, 0) is 25.8 Å². The number of aliphatic carboxylic acids is 1. The lowest BCUT2D eigenvalue weighted by atomic mass is 10.3. The molecular weight excluding hydrogens is 244 g/mol. The first-order valence-electron chi connectivity index (χ1n) is 5.40. The molecule has 1 aliphatic carbocycles. The number of carbonyl (C=O) groups is 2. The fraction of sp³-hybridized carbons (Fsp3) is 0.455. The fourth-order valence-corrected chi connectivity index (χ4v) is 1.82. The molecule has 2 rings (SSSR count). The maximum atomic E-state index is 11.9. The highest BCUT2D eigenvalue weighted by Gasteiger charge is 2.28. The van der Waals surface area contributed by atoms with E-state index >= 15 is 0 Å². The summed E-state index contributed by atoms with van der Waals surface area (Å²) in [5.74, 6) is -1.47. The van der Waals surface area contributed by atoms with Gasteiger partial charge >= 0.3 is 5.97 Å². The zero-order valence-corrected chi connectivity index (χ0v) is 10.1. The number of aromatic nitrogens is 1. The van der Waals surface area contributed by atoms with Crippen LogP contribution in [0.2, 0.25) is 5.02 Å². The van der Waals surface area contributed by atoms with E-state index in [-0.39, 0.29) is 0 Å². The van der Waals surface area contributed by atoms with Gasteiger partial charge in [0.25, 0.3) is 5.91 Å². The van der Waals surface area contributed by atoms with Crippen molar-refractivity contribution >= 4 is 23.5 Å². The van der Waals surface area contributed by atoms with Gasteiger partial charge in [-0.25, -0.2) is 0 Å². The molecule has 1 aromatic heterocycles. The van der Waals surface area contributed by atoms with Gasteiger partial charge < -0.3 is 15.0 Å². The molecule has 0 aromatic carbocycles. The summed E-state index contributed by atoms with van der Waals surface area (Å²) in [6, 6.07) is 0.969. The zero-order valence-electron chi connectivity index (χ0n) is 9.31. The highest BCUT2D eigenvalue weighted by molar-refractivity contribution is 6.31. The van der Waals surface area contributed by atoms with Gasteiger partial charge in [0.15, 0.2) is 0 Å². The Hall–Kier alpha value is -1.49. The summed E-state index contributed by atoms with van der Waals surface area (Å²) in [6.45, 7) is 1.42. The molecular formula is C11H13ClN2O3. The summed E-state index contributed by atoms with van der Waals surface area (Å²) in [6.07, 6.45) is 3.76. The van der Waals surface area contributed by atoms with Gasteiger partial charge in [0.1, 0.15) is 11.7 Å². The minimum atomic E-state index is -1.06. The van der Waals surface area contributed by atoms with Crippen LogP contribution in [0.5, 0.6) is 0 Å². The van der Waals surface area contributed by atoms with Crippen molar-refractivity contribution in [2.75, 3.05) is 0 Å². The Morgan fingerprint density at radius 2 is 2.24 bits per heavy atom. The molecule has 2 N–H and O–H groups in total. The Balaban J connectivity index is 2.15. The minimum Gasteiger partial charge on any atom is -0.480 e. The molecule has 0 saturated heterocycles. The number of nitrogens with zero attached hydrogens (tertiary/aromatic N) is 1. The summed E-state index contributed by atoms with van der Waals surface area (Å²) in [7, 11) is 0. The van der Waals surface area contributed by atoms with E-state index in [1.807, 2.05) is 4.57 Å². The molecule has 0 unspecified atom stereocenters. The first-order chi connectivity index (χ1) is 7.99. The van der Waals surface area contributed by atoms with E-state index in [1.165, 1.54) is 6.92 Å². The van der Waals surface area contributed by atoms with Gasteiger partial charge in [-0.3, -0.25) is 9.59 Å². The van der Waals surface area contributed by atoms with E-state index < -0.39 is 17.9 Å². The maximum absolute atomic E-state index is 11.9. The molecule has 92 valence electrons. The second-order valence-corrected chi connectivity index (χ2v) is 4.65. The van der Waals surface area contributed by atoms with Crippen LogP contribution in [0.3, 0.4) is 0 Å². The van der Waals surface area contributed by atoms with E-state index in [1.54, 1.807) is 12.3 Å². The van der Waals surface area contributed by atoms with Crippen LogP contribution < -0.4 is 5.32 Å². The number of carboxylic acid groups (broad SMARTS) is 1. The number of carbonyl (C=O) groups excluding carboxylic acids is 1. The van der Waals surface area contributed by atoms with Crippen LogP contribution in [-0.2, 0) is 4.79 Å². The van der Waals surface area contributed by atoms with Crippen molar-refractivity contribution in [1.29, 1.82) is 0 Å². The molecule has 5 nitrogen and oxygen atoms in total. The van der Waals surface area contributed by atoms with E-state index in [0.717, 1.165) is 12.8 Å². The van der Waals surface area contributed by atoms with Crippen molar-refractivity contribution in [3.05, 3.63) is 23.0 Å². The molecule has 1 aromatic rings. The minimum absolute atomic E-state index is 0.323. The van der Waals surface area contributed by atoms with Crippen molar-refractivity contribution in [2.24, 2.45) is 0 Å². The standard InChI is InChI=1S/C11H13ClN2O3/c1-6(11(16)17)13-10(15)9-4-7(12)5-14(9)8-2-3-8/h4-6,8H,2-3H2,1H3,(H,13,15)(H,16,17)/t6-/m1/s1. The Labute approximate surface area is 103 Å². The highest BCUT2D eigenvalue weighted by Crippen LogP contribution is 2.37. The van der Waals surface area contributed by atoms with Crippen LogP contribution in [0.4, 0.5) is 0 Å². The second kappa shape index (κ2) is 4.41. The van der Waals surface area contributed by atoms with Crippen molar-refractivity contribution in [3.8, 4) is 0 Å². The van der Waals surface area contributed by atoms with Gasteiger partial charge in [-0.15, -0.1) is 0 Å². The molecule has 17 heavy (non-hydrogen) atoms. The topological polar surface area (TPSA) is 71.3 Å². The van der Waals surface area contributed by atoms with Crippen LogP contribution >= 0.6 is 11.6 Å². The molecule has 1 aliphatic rings. The van der Waals surface area contributed by atoms with E-state index in [9.17, 15) is 9.59 Å². The lowest BCUT2D eigenvalue weighted by Crippen LogP contribution is -2.39. The molecule has 6 heteroatoms. The Bertz CT molecular complexity index is 465. The van der Waals surface area contributed by atoms with Crippen LogP contribution in [0, 0.1) is 0 Å². The van der Waals surface area contributed by atoms with Crippen molar-refractivity contribution < 1.29 is 14.7 Å². The predicted octanol–water partition coefficient (Wildman–Crippen LogP) is 1.68. The monoisotopic (exact) mass is 256 g/mol. The van der Waals surface area contributed by atoms with E-state index in [2.05, 4.69) is 5.32 Å². The lowest BCUT2D eigenvalue weighted by Gasteiger charge is -2.11. The number of hydrogen-bond acceptors (Lipinski definition) is 2. The average Bonchev–Trinajstić information content (AvgIpc) is 3.01. The number of carboxylic acids is 1. The van der Waals surface area contributed by atoms with Gasteiger partial charge in [-0.2, -0.15) is 0 Å². The third-order valence-corrected chi connectivity index (χ3v) is 2.91. The molecule has 0 spiro atoms. The molecule has 1 amide bonds. The molecule has 0 bridgehead atoms. The fourth-order valence-electron chi connectivity index (χ4n) is 1.61. The molecule has 1 heterocycles. The molecule has 1 atom stereocenters. The smallest absolute Gasteiger partial charge is 0.325 e. The Kier molecular flexibility index (Phi) is 3.11. The van der Waals surface area contributed by atoms with Crippen LogP contribution in [0.25, 0.3) is 0 Å². The number of rotatable bonds is 4. The first-order valence-corrected chi connectivity index (χ1v) is 5.78. The number of nitrogens with one attached hydrogen (secondary N) is 1. The van der Waals surface area contributed by atoms with Crippen LogP contribution in [-0.4, -0.2) is 27.6 Å². The summed E-state index contributed by atoms with van der Waals surface area (Å²) in [4.78, 5) is 22.5. The molecule has 0 aliphatic heterocycles. The summed E-state index contributed by atoms with van der Waals surface area (Å²) < 4.78 is 1.81. The zero-order chi connectivity index (χ0) is 12.6. The van der Waals surface area contributed by atoms with Crippen molar-refractivity contribution in [1.82, 2.24) is 9.88 Å². The predicted molar refractivity (Wildman–Crippen MR) is 62.3 cm³/mol. The third kappa shape index (κ3) is 2.61. The number of hydrogen-bond donors (Lipinski definition) is 2. The van der Waals surface area contributed by atoms with E-state index in [0.29, 0.717) is 16.8 Å².